The molecule has 2 aliphatic heterocycles. The van der Waals surface area contributed by atoms with E-state index in [0.717, 1.165) is 55.6 Å². The van der Waals surface area contributed by atoms with Crippen molar-refractivity contribution in [3.63, 3.8) is 0 Å². The number of benzene rings is 2. The molecule has 1 spiro atoms. The fourth-order valence-corrected chi connectivity index (χ4v) is 5.30. The number of likely N-dealkylation sites (tertiary alicyclic amines) is 1. The second kappa shape index (κ2) is 10.5. The maximum Gasteiger partial charge on any atom is 0.422 e. The number of rotatable bonds is 7. The van der Waals surface area contributed by atoms with Crippen molar-refractivity contribution in [1.29, 1.82) is 0 Å². The molecule has 5 nitrogen and oxygen atoms in total. The van der Waals surface area contributed by atoms with Crippen molar-refractivity contribution < 1.29 is 32.5 Å². The lowest BCUT2D eigenvalue weighted by Gasteiger charge is -2.46. The Kier molecular flexibility index (Phi) is 7.76. The average molecular weight is 526 g/mol. The summed E-state index contributed by atoms with van der Waals surface area (Å²) in [6.45, 7) is 3.74. The van der Waals surface area contributed by atoms with Crippen molar-refractivity contribution in [2.45, 2.75) is 63.8 Å². The van der Waals surface area contributed by atoms with Gasteiger partial charge in [0.25, 0.3) is 0 Å². The standard InChI is InChI=1S/C27H31ClF3NO4/c1-17(25(33)34)13-19-3-4-20-7-8-26(36-24(20)14-19)9-11-32(12-10-26)18(2)22-15-21(28)5-6-23(22)35-16-27(29,30)31/h3-6,14-15,17-18H,7-13,16H2,1-2H3,(H,33,34). The van der Waals surface area contributed by atoms with Crippen LogP contribution >= 0.6 is 11.6 Å². The van der Waals surface area contributed by atoms with Crippen molar-refractivity contribution in [2.75, 3.05) is 19.7 Å². The monoisotopic (exact) mass is 525 g/mol. The third-order valence-corrected chi connectivity index (χ3v) is 7.58. The SMILES string of the molecule is CC(Cc1ccc2c(c1)OC1(CC2)CCN(C(C)c2cc(Cl)ccc2OCC(F)(F)F)CC1)C(=O)O. The lowest BCUT2D eigenvalue weighted by Crippen LogP contribution is -2.50. The van der Waals surface area contributed by atoms with Crippen LogP contribution < -0.4 is 9.47 Å². The summed E-state index contributed by atoms with van der Waals surface area (Å²) in [5.74, 6) is -0.272. The smallest absolute Gasteiger partial charge is 0.422 e. The molecule has 0 bridgehead atoms. The number of alkyl halides is 3. The van der Waals surface area contributed by atoms with E-state index in [9.17, 15) is 23.1 Å². The van der Waals surface area contributed by atoms with Crippen LogP contribution in [0.2, 0.25) is 5.02 Å². The summed E-state index contributed by atoms with van der Waals surface area (Å²) >= 11 is 6.17. The van der Waals surface area contributed by atoms with Gasteiger partial charge in [-0.1, -0.05) is 30.7 Å². The quantitative estimate of drug-likeness (QED) is 0.449. The third-order valence-electron chi connectivity index (χ3n) is 7.34. The van der Waals surface area contributed by atoms with Crippen LogP contribution in [-0.4, -0.2) is 47.4 Å². The number of fused-ring (bicyclic) bond motifs is 1. The van der Waals surface area contributed by atoms with Gasteiger partial charge in [-0.05, 0) is 74.4 Å². The van der Waals surface area contributed by atoms with Crippen molar-refractivity contribution in [3.05, 3.63) is 58.1 Å². The molecule has 1 saturated heterocycles. The van der Waals surface area contributed by atoms with E-state index in [1.54, 1.807) is 13.0 Å². The third kappa shape index (κ3) is 6.27. The molecule has 2 aliphatic rings. The average Bonchev–Trinajstić information content (AvgIpc) is 2.82. The number of hydrogen-bond acceptors (Lipinski definition) is 4. The highest BCUT2D eigenvalue weighted by Crippen LogP contribution is 2.42. The van der Waals surface area contributed by atoms with E-state index in [4.69, 9.17) is 21.1 Å². The van der Waals surface area contributed by atoms with Crippen LogP contribution in [-0.2, 0) is 17.6 Å². The Bertz CT molecular complexity index is 1100. The first-order valence-corrected chi connectivity index (χ1v) is 12.6. The molecule has 0 amide bonds. The van der Waals surface area contributed by atoms with E-state index < -0.39 is 24.7 Å². The number of aryl methyl sites for hydroxylation is 1. The first-order valence-electron chi connectivity index (χ1n) is 12.2. The molecule has 0 aliphatic carbocycles. The highest BCUT2D eigenvalue weighted by molar-refractivity contribution is 6.30. The van der Waals surface area contributed by atoms with E-state index in [-0.39, 0.29) is 17.4 Å². The van der Waals surface area contributed by atoms with Gasteiger partial charge in [0.15, 0.2) is 6.61 Å². The van der Waals surface area contributed by atoms with Gasteiger partial charge in [-0.15, -0.1) is 0 Å². The molecule has 0 saturated carbocycles. The molecule has 0 radical (unpaired) electrons. The number of ether oxygens (including phenoxy) is 2. The number of hydrogen-bond donors (Lipinski definition) is 1. The van der Waals surface area contributed by atoms with Crippen LogP contribution in [0.25, 0.3) is 0 Å². The van der Waals surface area contributed by atoms with Gasteiger partial charge >= 0.3 is 12.1 Å². The zero-order valence-electron chi connectivity index (χ0n) is 20.4. The second-order valence-corrected chi connectivity index (χ2v) is 10.4. The Morgan fingerprint density at radius 2 is 1.89 bits per heavy atom. The summed E-state index contributed by atoms with van der Waals surface area (Å²) in [6, 6.07) is 10.5. The Hall–Kier alpha value is -2.45. The number of halogens is 4. The molecule has 9 heteroatoms. The minimum absolute atomic E-state index is 0.177. The van der Waals surface area contributed by atoms with Crippen molar-refractivity contribution in [2.24, 2.45) is 5.92 Å². The molecule has 196 valence electrons. The minimum atomic E-state index is -4.42. The summed E-state index contributed by atoms with van der Waals surface area (Å²) in [7, 11) is 0. The number of carboxylic acid groups (broad SMARTS) is 1. The maximum absolute atomic E-state index is 12.7. The van der Waals surface area contributed by atoms with Crippen molar-refractivity contribution >= 4 is 17.6 Å². The Morgan fingerprint density at radius 1 is 1.17 bits per heavy atom. The van der Waals surface area contributed by atoms with E-state index in [2.05, 4.69) is 4.90 Å². The highest BCUT2D eigenvalue weighted by Gasteiger charge is 2.41. The van der Waals surface area contributed by atoms with Gasteiger partial charge in [0.1, 0.15) is 17.1 Å². The predicted octanol–water partition coefficient (Wildman–Crippen LogP) is 6.47. The van der Waals surface area contributed by atoms with Gasteiger partial charge in [-0.2, -0.15) is 13.2 Å². The lowest BCUT2D eigenvalue weighted by molar-refractivity contribution is -0.153. The first kappa shape index (κ1) is 26.6. The van der Waals surface area contributed by atoms with Gasteiger partial charge in [-0.25, -0.2) is 0 Å². The summed E-state index contributed by atoms with van der Waals surface area (Å²) in [5, 5.41) is 9.68. The molecular weight excluding hydrogens is 495 g/mol. The largest absolute Gasteiger partial charge is 0.487 e. The van der Waals surface area contributed by atoms with Gasteiger partial charge < -0.3 is 14.6 Å². The van der Waals surface area contributed by atoms with Gasteiger partial charge in [0.05, 0.1) is 5.92 Å². The van der Waals surface area contributed by atoms with Crippen molar-refractivity contribution in [1.82, 2.24) is 4.90 Å². The molecule has 1 fully saturated rings. The topological polar surface area (TPSA) is 59.0 Å². The van der Waals surface area contributed by atoms with Crippen LogP contribution in [0.15, 0.2) is 36.4 Å². The Balaban J connectivity index is 1.43. The molecule has 0 aromatic heterocycles. The number of aliphatic carboxylic acids is 1. The fourth-order valence-electron chi connectivity index (χ4n) is 5.12. The van der Waals surface area contributed by atoms with Crippen LogP contribution in [0.5, 0.6) is 11.5 Å². The number of piperidine rings is 1. The summed E-state index contributed by atoms with van der Waals surface area (Å²) in [5.41, 5.74) is 2.41. The van der Waals surface area contributed by atoms with Crippen LogP contribution in [0.4, 0.5) is 13.2 Å². The normalized spacial score (nSPS) is 19.3. The molecular formula is C27H31ClF3NO4. The van der Waals surface area contributed by atoms with Gasteiger partial charge in [0, 0.05) is 29.7 Å². The first-order chi connectivity index (χ1) is 16.9. The fraction of sp³-hybridized carbons (Fsp3) is 0.519. The number of carbonyl (C=O) groups is 1. The minimum Gasteiger partial charge on any atom is -0.487 e. The van der Waals surface area contributed by atoms with Gasteiger partial charge in [-0.3, -0.25) is 9.69 Å². The van der Waals surface area contributed by atoms with E-state index in [0.29, 0.717) is 17.0 Å². The molecule has 4 rings (SSSR count). The second-order valence-electron chi connectivity index (χ2n) is 9.97. The van der Waals surface area contributed by atoms with E-state index in [1.807, 2.05) is 25.1 Å². The predicted molar refractivity (Wildman–Crippen MR) is 131 cm³/mol. The maximum atomic E-state index is 12.7. The molecule has 2 aromatic carbocycles. The molecule has 2 aromatic rings. The summed E-state index contributed by atoms with van der Waals surface area (Å²) in [4.78, 5) is 13.5. The number of nitrogens with zero attached hydrogens (tertiary/aromatic N) is 1. The van der Waals surface area contributed by atoms with Crippen molar-refractivity contribution in [3.8, 4) is 11.5 Å². The van der Waals surface area contributed by atoms with E-state index >= 15 is 0 Å². The molecule has 2 atom stereocenters. The lowest BCUT2D eigenvalue weighted by atomic mass is 9.82. The van der Waals surface area contributed by atoms with E-state index in [1.165, 1.54) is 12.1 Å². The molecule has 36 heavy (non-hydrogen) atoms. The molecule has 1 N–H and O–H groups in total. The molecule has 2 unspecified atom stereocenters. The summed E-state index contributed by atoms with van der Waals surface area (Å²) in [6.07, 6.45) is -0.619. The number of carboxylic acids is 1. The highest BCUT2D eigenvalue weighted by atomic mass is 35.5. The van der Waals surface area contributed by atoms with Crippen LogP contribution in [0.3, 0.4) is 0 Å². The zero-order chi connectivity index (χ0) is 26.1. The molecule has 2 heterocycles. The Morgan fingerprint density at radius 3 is 2.56 bits per heavy atom. The van der Waals surface area contributed by atoms with Crippen LogP contribution in [0, 0.1) is 5.92 Å². The summed E-state index contributed by atoms with van der Waals surface area (Å²) < 4.78 is 49.9. The zero-order valence-corrected chi connectivity index (χ0v) is 21.2. The van der Waals surface area contributed by atoms with Gasteiger partial charge in [0.2, 0.25) is 0 Å². The van der Waals surface area contributed by atoms with Crippen LogP contribution in [0.1, 0.15) is 55.8 Å². The Labute approximate surface area is 214 Å².